The van der Waals surface area contributed by atoms with Crippen LogP contribution in [0.3, 0.4) is 0 Å². The molecule has 7 nitrogen and oxygen atoms in total. The van der Waals surface area contributed by atoms with Crippen LogP contribution in [0.1, 0.15) is 42.0 Å². The van der Waals surface area contributed by atoms with Gasteiger partial charge in [-0.25, -0.2) is 13.1 Å². The average Bonchev–Trinajstić information content (AvgIpc) is 3.11. The highest BCUT2D eigenvalue weighted by Crippen LogP contribution is 2.30. The first-order chi connectivity index (χ1) is 13.8. The molecule has 1 aromatic heterocycles. The standard InChI is InChI=1S/C19H19F3N4O3S/c1-4-5-9-18(2,30(3,28)29)24-17(27)15-11-16(19(20,21)22)25-26(15)14-8-6-7-13(10-14)12-23/h5-11H,4H2,1-3H3,(H,24,27)/b9-5-. The van der Waals surface area contributed by atoms with Crippen LogP contribution in [-0.4, -0.2) is 35.2 Å². The van der Waals surface area contributed by atoms with E-state index in [0.717, 1.165) is 10.9 Å². The molecule has 0 bridgehead atoms. The third kappa shape index (κ3) is 4.88. The Balaban J connectivity index is 2.62. The summed E-state index contributed by atoms with van der Waals surface area (Å²) in [4.78, 5) is 11.0. The van der Waals surface area contributed by atoms with E-state index < -0.39 is 38.2 Å². The second-order valence-corrected chi connectivity index (χ2v) is 9.02. The van der Waals surface area contributed by atoms with Crippen molar-refractivity contribution >= 4 is 15.7 Å². The van der Waals surface area contributed by atoms with E-state index in [1.54, 1.807) is 6.92 Å². The summed E-state index contributed by atoms with van der Waals surface area (Å²) in [7, 11) is -3.86. The summed E-state index contributed by atoms with van der Waals surface area (Å²) in [6.07, 6.45) is -0.659. The fourth-order valence-corrected chi connectivity index (χ4v) is 3.10. The maximum atomic E-state index is 13.2. The van der Waals surface area contributed by atoms with Crippen molar-refractivity contribution < 1.29 is 26.4 Å². The highest BCUT2D eigenvalue weighted by molar-refractivity contribution is 7.92. The lowest BCUT2D eigenvalue weighted by Crippen LogP contribution is -2.50. The van der Waals surface area contributed by atoms with Gasteiger partial charge in [-0.1, -0.05) is 19.1 Å². The number of sulfone groups is 1. The number of aromatic nitrogens is 2. The quantitative estimate of drug-likeness (QED) is 0.695. The average molecular weight is 440 g/mol. The zero-order chi connectivity index (χ0) is 22.7. The molecule has 0 radical (unpaired) electrons. The molecule has 2 aromatic rings. The number of alkyl halides is 3. The van der Waals surface area contributed by atoms with Gasteiger partial charge in [-0.15, -0.1) is 0 Å². The first-order valence-corrected chi connectivity index (χ1v) is 10.6. The van der Waals surface area contributed by atoms with Gasteiger partial charge in [-0.05, 0) is 37.6 Å². The Morgan fingerprint density at radius 3 is 2.53 bits per heavy atom. The minimum atomic E-state index is -4.84. The molecule has 30 heavy (non-hydrogen) atoms. The Morgan fingerprint density at radius 2 is 2.00 bits per heavy atom. The van der Waals surface area contributed by atoms with Crippen molar-refractivity contribution in [3.63, 3.8) is 0 Å². The fourth-order valence-electron chi connectivity index (χ4n) is 2.48. The zero-order valence-electron chi connectivity index (χ0n) is 16.4. The summed E-state index contributed by atoms with van der Waals surface area (Å²) in [6.45, 7) is 2.99. The van der Waals surface area contributed by atoms with E-state index in [4.69, 9.17) is 5.26 Å². The largest absolute Gasteiger partial charge is 0.435 e. The maximum absolute atomic E-state index is 13.2. The number of amides is 1. The van der Waals surface area contributed by atoms with Crippen LogP contribution in [0.15, 0.2) is 42.5 Å². The molecular formula is C19H19F3N4O3S. The van der Waals surface area contributed by atoms with E-state index in [9.17, 15) is 26.4 Å². The van der Waals surface area contributed by atoms with Crippen molar-refractivity contribution in [3.05, 3.63) is 59.4 Å². The highest BCUT2D eigenvalue weighted by Gasteiger charge is 2.39. The first kappa shape index (κ1) is 23.2. The molecule has 1 unspecified atom stereocenters. The number of carbonyl (C=O) groups excluding carboxylic acids is 1. The second kappa shape index (κ2) is 8.31. The smallest absolute Gasteiger partial charge is 0.329 e. The normalized spacial score (nSPS) is 14.3. The van der Waals surface area contributed by atoms with Gasteiger partial charge in [0.05, 0.1) is 17.3 Å². The molecule has 11 heteroatoms. The van der Waals surface area contributed by atoms with Crippen molar-refractivity contribution in [1.82, 2.24) is 15.1 Å². The Bertz CT molecular complexity index is 1130. The van der Waals surface area contributed by atoms with Crippen LogP contribution in [0.4, 0.5) is 13.2 Å². The Kier molecular flexibility index (Phi) is 6.42. The van der Waals surface area contributed by atoms with Crippen molar-refractivity contribution in [1.29, 1.82) is 5.26 Å². The minimum absolute atomic E-state index is 0.0415. The summed E-state index contributed by atoms with van der Waals surface area (Å²) in [5, 5.41) is 14.8. The van der Waals surface area contributed by atoms with Gasteiger partial charge in [0.15, 0.2) is 20.4 Å². The Morgan fingerprint density at radius 1 is 1.33 bits per heavy atom. The summed E-state index contributed by atoms with van der Waals surface area (Å²) in [6, 6.07) is 7.88. The number of benzene rings is 1. The predicted molar refractivity (Wildman–Crippen MR) is 103 cm³/mol. The molecule has 160 valence electrons. The summed E-state index contributed by atoms with van der Waals surface area (Å²) in [5.41, 5.74) is -1.67. The molecule has 1 amide bonds. The van der Waals surface area contributed by atoms with E-state index in [0.29, 0.717) is 12.5 Å². The van der Waals surface area contributed by atoms with Crippen LogP contribution in [0.5, 0.6) is 0 Å². The molecular weight excluding hydrogens is 421 g/mol. The number of nitrogens with zero attached hydrogens (tertiary/aromatic N) is 3. The SMILES string of the molecule is CC/C=C\C(C)(NC(=O)c1cc(C(F)(F)F)nn1-c1cccc(C#N)c1)S(C)(=O)=O. The number of nitriles is 1. The third-order valence-electron chi connectivity index (χ3n) is 4.26. The number of allylic oxidation sites excluding steroid dienone is 1. The fraction of sp³-hybridized carbons (Fsp3) is 0.316. The van der Waals surface area contributed by atoms with Crippen LogP contribution in [0.25, 0.3) is 5.69 Å². The van der Waals surface area contributed by atoms with Gasteiger partial charge < -0.3 is 5.32 Å². The minimum Gasteiger partial charge on any atom is -0.329 e. The van der Waals surface area contributed by atoms with Crippen molar-refractivity contribution in [2.24, 2.45) is 0 Å². The van der Waals surface area contributed by atoms with Crippen molar-refractivity contribution in [2.45, 2.75) is 31.3 Å². The predicted octanol–water partition coefficient (Wildman–Crippen LogP) is 3.22. The lowest BCUT2D eigenvalue weighted by molar-refractivity contribution is -0.141. The maximum Gasteiger partial charge on any atom is 0.435 e. The van der Waals surface area contributed by atoms with Gasteiger partial charge in [0.25, 0.3) is 5.91 Å². The second-order valence-electron chi connectivity index (χ2n) is 6.63. The molecule has 0 saturated heterocycles. The highest BCUT2D eigenvalue weighted by atomic mass is 32.2. The number of hydrogen-bond acceptors (Lipinski definition) is 5. The van der Waals surface area contributed by atoms with Gasteiger partial charge >= 0.3 is 6.18 Å². The molecule has 0 spiro atoms. The van der Waals surface area contributed by atoms with Gasteiger partial charge in [0, 0.05) is 12.3 Å². The van der Waals surface area contributed by atoms with E-state index in [2.05, 4.69) is 10.4 Å². The topological polar surface area (TPSA) is 105 Å². The molecule has 0 aliphatic rings. The van der Waals surface area contributed by atoms with Crippen LogP contribution in [-0.2, 0) is 16.0 Å². The van der Waals surface area contributed by atoms with Crippen LogP contribution >= 0.6 is 0 Å². The van der Waals surface area contributed by atoms with Gasteiger partial charge in [-0.2, -0.15) is 23.5 Å². The molecule has 1 aromatic carbocycles. The molecule has 1 heterocycles. The molecule has 1 atom stereocenters. The Labute approximate surface area is 171 Å². The van der Waals surface area contributed by atoms with Crippen molar-refractivity contribution in [3.8, 4) is 11.8 Å². The number of nitrogens with one attached hydrogen (secondary N) is 1. The monoisotopic (exact) mass is 440 g/mol. The molecule has 1 N–H and O–H groups in total. The van der Waals surface area contributed by atoms with Gasteiger partial charge in [0.2, 0.25) is 0 Å². The lowest BCUT2D eigenvalue weighted by Gasteiger charge is -2.25. The zero-order valence-corrected chi connectivity index (χ0v) is 17.2. The van der Waals surface area contributed by atoms with Crippen molar-refractivity contribution in [2.75, 3.05) is 6.26 Å². The van der Waals surface area contributed by atoms with Crippen LogP contribution in [0.2, 0.25) is 0 Å². The molecule has 0 saturated carbocycles. The van der Waals surface area contributed by atoms with Crippen LogP contribution < -0.4 is 5.32 Å². The van der Waals surface area contributed by atoms with E-state index in [1.807, 2.05) is 6.07 Å². The van der Waals surface area contributed by atoms with Gasteiger partial charge in [-0.3, -0.25) is 4.79 Å². The summed E-state index contributed by atoms with van der Waals surface area (Å²) in [5.74, 6) is -1.07. The number of hydrogen-bond donors (Lipinski definition) is 1. The Hall–Kier alpha value is -3.13. The number of carbonyl (C=O) groups is 1. The number of rotatable bonds is 6. The number of halogens is 3. The van der Waals surface area contributed by atoms with E-state index >= 15 is 0 Å². The van der Waals surface area contributed by atoms with Crippen LogP contribution in [0, 0.1) is 11.3 Å². The van der Waals surface area contributed by atoms with Gasteiger partial charge in [0.1, 0.15) is 5.69 Å². The first-order valence-electron chi connectivity index (χ1n) is 8.70. The molecule has 0 aliphatic carbocycles. The van der Waals surface area contributed by atoms with E-state index in [1.165, 1.54) is 43.3 Å². The third-order valence-corrected chi connectivity index (χ3v) is 6.03. The molecule has 0 fully saturated rings. The lowest BCUT2D eigenvalue weighted by atomic mass is 10.2. The van der Waals surface area contributed by atoms with E-state index in [-0.39, 0.29) is 11.3 Å². The molecule has 0 aliphatic heterocycles. The summed E-state index contributed by atoms with van der Waals surface area (Å²) < 4.78 is 64.9. The summed E-state index contributed by atoms with van der Waals surface area (Å²) >= 11 is 0. The molecule has 2 rings (SSSR count).